The highest BCUT2D eigenvalue weighted by Crippen LogP contribution is 2.58. The van der Waals surface area contributed by atoms with Crippen LogP contribution < -0.4 is 15.9 Å². The Morgan fingerprint density at radius 3 is 1.22 bits per heavy atom. The minimum Gasteiger partial charge on any atom is -0.207 e. The molecule has 0 spiro atoms. The normalized spacial score (nSPS) is 11.3. The van der Waals surface area contributed by atoms with Crippen molar-refractivity contribution in [2.45, 2.75) is 6.16 Å². The molecule has 27 heavy (non-hydrogen) atoms. The summed E-state index contributed by atoms with van der Waals surface area (Å²) in [6.07, 6.45) is 0.866. The quantitative estimate of drug-likeness (QED) is 0.417. The van der Waals surface area contributed by atoms with Gasteiger partial charge in [0.15, 0.2) is 0 Å². The predicted octanol–water partition coefficient (Wildman–Crippen LogP) is 5.32. The first-order valence-electron chi connectivity index (χ1n) is 9.08. The average Bonchev–Trinajstić information content (AvgIpc) is 2.75. The third-order valence-electron chi connectivity index (χ3n) is 4.92. The number of rotatable bonds is 5. The molecule has 0 nitrogen and oxygen atoms in total. The summed E-state index contributed by atoms with van der Waals surface area (Å²) >= 11 is 0. The molecular formula is C25H21FP. The second-order valence-corrected chi connectivity index (χ2v) is 10.1. The standard InChI is InChI=1S/C25H21FP/c26-22-18-16-21(17-19-22)20-27(23-10-4-1-5-11-23,24-12-6-2-7-13-24)25-14-8-3-9-15-25/h1-19H,20H2. The molecule has 4 rings (SSSR count). The van der Waals surface area contributed by atoms with Crippen LogP contribution in [0.2, 0.25) is 0 Å². The first kappa shape index (κ1) is 17.6. The zero-order valence-corrected chi connectivity index (χ0v) is 15.9. The predicted molar refractivity (Wildman–Crippen MR) is 115 cm³/mol. The fraction of sp³-hybridized carbons (Fsp3) is 0.0400. The van der Waals surface area contributed by atoms with Gasteiger partial charge in [-0.3, -0.25) is 0 Å². The van der Waals surface area contributed by atoms with Crippen molar-refractivity contribution in [1.82, 2.24) is 0 Å². The second-order valence-electron chi connectivity index (χ2n) is 6.60. The fourth-order valence-corrected chi connectivity index (χ4v) is 7.88. The number of halogens is 1. The molecule has 4 aromatic carbocycles. The summed E-state index contributed by atoms with van der Waals surface area (Å²) in [6.45, 7) is 0. The Hall–Kier alpha value is -2.76. The van der Waals surface area contributed by atoms with Gasteiger partial charge in [0.2, 0.25) is 0 Å². The van der Waals surface area contributed by atoms with E-state index in [4.69, 9.17) is 0 Å². The molecule has 0 saturated carbocycles. The summed E-state index contributed by atoms with van der Waals surface area (Å²) in [7, 11) is -1.91. The zero-order valence-electron chi connectivity index (χ0n) is 15.0. The van der Waals surface area contributed by atoms with Crippen molar-refractivity contribution in [3.63, 3.8) is 0 Å². The average molecular weight is 371 g/mol. The monoisotopic (exact) mass is 371 g/mol. The summed E-state index contributed by atoms with van der Waals surface area (Å²) < 4.78 is 13.5. The Morgan fingerprint density at radius 2 is 0.852 bits per heavy atom. The van der Waals surface area contributed by atoms with Crippen LogP contribution in [0.3, 0.4) is 0 Å². The first-order chi connectivity index (χ1) is 13.3. The van der Waals surface area contributed by atoms with Gasteiger partial charge in [0.25, 0.3) is 0 Å². The van der Waals surface area contributed by atoms with Crippen LogP contribution in [-0.2, 0) is 6.16 Å². The lowest BCUT2D eigenvalue weighted by molar-refractivity contribution is 0.627. The first-order valence-corrected chi connectivity index (χ1v) is 11.1. The van der Waals surface area contributed by atoms with Crippen LogP contribution in [0.5, 0.6) is 0 Å². The fourth-order valence-electron chi connectivity index (χ4n) is 3.63. The van der Waals surface area contributed by atoms with Crippen molar-refractivity contribution in [2.75, 3.05) is 0 Å². The van der Waals surface area contributed by atoms with Gasteiger partial charge in [-0.15, -0.1) is 0 Å². The maximum Gasteiger partial charge on any atom is 0.123 e. The minimum absolute atomic E-state index is 0.193. The molecule has 0 bridgehead atoms. The Bertz CT molecular complexity index is 884. The molecule has 4 aromatic rings. The molecule has 0 aliphatic heterocycles. The van der Waals surface area contributed by atoms with Crippen molar-refractivity contribution in [2.24, 2.45) is 0 Å². The van der Waals surface area contributed by atoms with E-state index in [0.717, 1.165) is 11.7 Å². The van der Waals surface area contributed by atoms with E-state index in [1.165, 1.54) is 15.9 Å². The highest BCUT2D eigenvalue weighted by Gasteiger charge is 2.33. The SMILES string of the molecule is Fc1ccc(C[P](c2ccccc2)(c2ccccc2)c2ccccc2)cc1. The van der Waals surface area contributed by atoms with Gasteiger partial charge in [0.1, 0.15) is 5.82 Å². The Kier molecular flexibility index (Phi) is 5.14. The molecule has 0 unspecified atom stereocenters. The van der Waals surface area contributed by atoms with E-state index in [1.54, 1.807) is 12.1 Å². The molecule has 0 fully saturated rings. The lowest BCUT2D eigenvalue weighted by Gasteiger charge is -2.38. The van der Waals surface area contributed by atoms with Crippen LogP contribution in [0.15, 0.2) is 115 Å². The molecule has 0 aliphatic carbocycles. The third kappa shape index (κ3) is 3.56. The summed E-state index contributed by atoms with van der Waals surface area (Å²) in [6, 6.07) is 39.2. The Labute approximate surface area is 160 Å². The molecule has 0 heterocycles. The molecular weight excluding hydrogens is 350 g/mol. The van der Waals surface area contributed by atoms with E-state index in [2.05, 4.69) is 91.0 Å². The summed E-state index contributed by atoms with van der Waals surface area (Å²) in [5.41, 5.74) is 1.15. The lowest BCUT2D eigenvalue weighted by Crippen LogP contribution is -2.32. The number of hydrogen-bond acceptors (Lipinski definition) is 0. The smallest absolute Gasteiger partial charge is 0.123 e. The van der Waals surface area contributed by atoms with E-state index in [0.29, 0.717) is 0 Å². The highest BCUT2D eigenvalue weighted by atomic mass is 31.2. The summed E-state index contributed by atoms with van der Waals surface area (Å²) in [5.74, 6) is -0.193. The molecule has 0 atom stereocenters. The van der Waals surface area contributed by atoms with Crippen molar-refractivity contribution >= 4 is 23.2 Å². The van der Waals surface area contributed by atoms with Crippen molar-refractivity contribution in [3.05, 3.63) is 127 Å². The molecule has 133 valence electrons. The Morgan fingerprint density at radius 1 is 0.481 bits per heavy atom. The number of hydrogen-bond donors (Lipinski definition) is 0. The molecule has 0 amide bonds. The number of benzene rings is 4. The largest absolute Gasteiger partial charge is 0.207 e. The molecule has 0 aliphatic rings. The highest BCUT2D eigenvalue weighted by molar-refractivity contribution is 7.95. The lowest BCUT2D eigenvalue weighted by atomic mass is 10.2. The molecule has 0 N–H and O–H groups in total. The van der Waals surface area contributed by atoms with E-state index in [1.807, 2.05) is 12.1 Å². The van der Waals surface area contributed by atoms with Gasteiger partial charge in [-0.05, 0) is 40.9 Å². The van der Waals surface area contributed by atoms with E-state index in [-0.39, 0.29) is 5.82 Å². The van der Waals surface area contributed by atoms with Gasteiger partial charge in [-0.25, -0.2) is 4.39 Å². The van der Waals surface area contributed by atoms with E-state index in [9.17, 15) is 4.39 Å². The topological polar surface area (TPSA) is 0 Å². The van der Waals surface area contributed by atoms with E-state index < -0.39 is 7.26 Å². The van der Waals surface area contributed by atoms with Gasteiger partial charge in [0.05, 0.1) is 0 Å². The summed E-state index contributed by atoms with van der Waals surface area (Å²) in [5, 5.41) is 4.02. The van der Waals surface area contributed by atoms with E-state index >= 15 is 0 Å². The molecule has 1 radical (unpaired) electrons. The molecule has 2 heteroatoms. The van der Waals surface area contributed by atoms with Crippen LogP contribution in [0, 0.1) is 5.82 Å². The maximum atomic E-state index is 13.5. The Balaban J connectivity index is 1.98. The summed E-state index contributed by atoms with van der Waals surface area (Å²) in [4.78, 5) is 0. The van der Waals surface area contributed by atoms with Gasteiger partial charge >= 0.3 is 0 Å². The van der Waals surface area contributed by atoms with Crippen LogP contribution >= 0.6 is 7.26 Å². The van der Waals surface area contributed by atoms with Gasteiger partial charge < -0.3 is 0 Å². The van der Waals surface area contributed by atoms with Gasteiger partial charge in [0, 0.05) is 6.16 Å². The second kappa shape index (κ2) is 7.86. The molecule has 0 aromatic heterocycles. The van der Waals surface area contributed by atoms with Crippen LogP contribution in [-0.4, -0.2) is 0 Å². The van der Waals surface area contributed by atoms with Crippen LogP contribution in [0.25, 0.3) is 0 Å². The van der Waals surface area contributed by atoms with Crippen molar-refractivity contribution in [3.8, 4) is 0 Å². The third-order valence-corrected chi connectivity index (χ3v) is 9.30. The van der Waals surface area contributed by atoms with Crippen LogP contribution in [0.1, 0.15) is 5.56 Å². The minimum atomic E-state index is -1.91. The maximum absolute atomic E-state index is 13.5. The van der Waals surface area contributed by atoms with Crippen molar-refractivity contribution in [1.29, 1.82) is 0 Å². The van der Waals surface area contributed by atoms with Crippen molar-refractivity contribution < 1.29 is 4.39 Å². The zero-order chi connectivity index (χ0) is 18.5. The van der Waals surface area contributed by atoms with Crippen LogP contribution in [0.4, 0.5) is 4.39 Å². The van der Waals surface area contributed by atoms with Gasteiger partial charge in [-0.2, -0.15) is 0 Å². The molecule has 0 saturated heterocycles. The van der Waals surface area contributed by atoms with Gasteiger partial charge in [-0.1, -0.05) is 103 Å².